The highest BCUT2D eigenvalue weighted by Crippen LogP contribution is 2.52. The maximum atomic E-state index is 13.3. The summed E-state index contributed by atoms with van der Waals surface area (Å²) in [6.45, 7) is 3.89. The lowest BCUT2D eigenvalue weighted by atomic mass is 9.69. The van der Waals surface area contributed by atoms with Crippen LogP contribution in [0.1, 0.15) is 57.4 Å². The van der Waals surface area contributed by atoms with Crippen molar-refractivity contribution in [2.24, 2.45) is 11.3 Å². The van der Waals surface area contributed by atoms with E-state index >= 15 is 0 Å². The van der Waals surface area contributed by atoms with Crippen LogP contribution in [0.25, 0.3) is 0 Å². The zero-order valence-electron chi connectivity index (χ0n) is 19.1. The Hall–Kier alpha value is -3.34. The molecule has 2 aliphatic carbocycles. The number of hydrogen-bond acceptors (Lipinski definition) is 5. The van der Waals surface area contributed by atoms with Crippen molar-refractivity contribution < 1.29 is 24.5 Å². The van der Waals surface area contributed by atoms with Gasteiger partial charge in [-0.2, -0.15) is 0 Å². The first-order valence-corrected chi connectivity index (χ1v) is 11.7. The number of allylic oxidation sites excluding steroid dienone is 3. The van der Waals surface area contributed by atoms with Crippen molar-refractivity contribution in [1.29, 1.82) is 0 Å². The molecule has 0 aromatic heterocycles. The molecule has 1 fully saturated rings. The molecule has 2 N–H and O–H groups in total. The van der Waals surface area contributed by atoms with Gasteiger partial charge in [0.1, 0.15) is 23.0 Å². The predicted octanol–water partition coefficient (Wildman–Crippen LogP) is 6.57. The third kappa shape index (κ3) is 4.32. The molecule has 2 unspecified atom stereocenters. The van der Waals surface area contributed by atoms with Gasteiger partial charge in [-0.3, -0.25) is 9.59 Å². The van der Waals surface area contributed by atoms with Crippen LogP contribution in [0, 0.1) is 11.3 Å². The van der Waals surface area contributed by atoms with E-state index in [4.69, 9.17) is 4.74 Å². The average molecular weight is 447 g/mol. The third-order valence-corrected chi connectivity index (χ3v) is 6.70. The zero-order valence-corrected chi connectivity index (χ0v) is 19.1. The molecular formula is C28H30O5. The van der Waals surface area contributed by atoms with Gasteiger partial charge in [-0.25, -0.2) is 0 Å². The lowest BCUT2D eigenvalue weighted by Crippen LogP contribution is -2.37. The van der Waals surface area contributed by atoms with Crippen LogP contribution < -0.4 is 4.74 Å². The molecule has 4 rings (SSSR count). The summed E-state index contributed by atoms with van der Waals surface area (Å²) in [6, 6.07) is 17.2. The Morgan fingerprint density at radius 2 is 1.58 bits per heavy atom. The first kappa shape index (κ1) is 22.8. The Morgan fingerprint density at radius 1 is 0.970 bits per heavy atom. The van der Waals surface area contributed by atoms with Crippen LogP contribution in [0.5, 0.6) is 11.5 Å². The predicted molar refractivity (Wildman–Crippen MR) is 126 cm³/mol. The number of aliphatic hydroxyl groups excluding tert-OH is 2. The number of benzene rings is 2. The van der Waals surface area contributed by atoms with Crippen molar-refractivity contribution in [2.45, 2.75) is 51.9 Å². The van der Waals surface area contributed by atoms with E-state index in [0.717, 1.165) is 17.4 Å². The smallest absolute Gasteiger partial charge is 0.173 e. The van der Waals surface area contributed by atoms with Crippen LogP contribution >= 0.6 is 0 Å². The maximum Gasteiger partial charge on any atom is 0.173 e. The standard InChI is InChI=1S/C28H30O5/c1-3-14-28(15-4-2)24(30)17-23(29)25(27(28)32)26(31)22-16-21(22)18-10-12-20(13-11-18)33-19-8-6-5-7-9-19/h5-13,17,21-22,29,32H,3-4,14-16H2,1-2H3. The first-order valence-electron chi connectivity index (χ1n) is 11.7. The molecule has 5 nitrogen and oxygen atoms in total. The Morgan fingerprint density at radius 3 is 2.18 bits per heavy atom. The number of aliphatic hydroxyl groups is 2. The monoisotopic (exact) mass is 446 g/mol. The van der Waals surface area contributed by atoms with Gasteiger partial charge in [-0.15, -0.1) is 0 Å². The average Bonchev–Trinajstić information content (AvgIpc) is 3.60. The van der Waals surface area contributed by atoms with Gasteiger partial charge in [-0.05, 0) is 55.0 Å². The Kier molecular flexibility index (Phi) is 6.41. The molecule has 0 saturated heterocycles. The van der Waals surface area contributed by atoms with E-state index in [0.29, 0.717) is 37.9 Å². The molecule has 0 bridgehead atoms. The van der Waals surface area contributed by atoms with Crippen LogP contribution in [-0.2, 0) is 9.59 Å². The van der Waals surface area contributed by atoms with Gasteiger partial charge in [0.2, 0.25) is 0 Å². The van der Waals surface area contributed by atoms with Crippen LogP contribution in [-0.4, -0.2) is 21.8 Å². The van der Waals surface area contributed by atoms with Crippen molar-refractivity contribution in [1.82, 2.24) is 0 Å². The molecule has 0 heterocycles. The van der Waals surface area contributed by atoms with Crippen LogP contribution in [0.3, 0.4) is 0 Å². The minimum absolute atomic E-state index is 0.0146. The van der Waals surface area contributed by atoms with E-state index in [1.807, 2.05) is 68.4 Å². The van der Waals surface area contributed by atoms with E-state index in [1.54, 1.807) is 0 Å². The highest BCUT2D eigenvalue weighted by Gasteiger charge is 2.51. The first-order chi connectivity index (χ1) is 15.9. The van der Waals surface area contributed by atoms with Gasteiger partial charge in [0.15, 0.2) is 11.6 Å². The molecule has 172 valence electrons. The minimum atomic E-state index is -1.11. The highest BCUT2D eigenvalue weighted by molar-refractivity contribution is 6.09. The summed E-state index contributed by atoms with van der Waals surface area (Å²) in [7, 11) is 0. The second kappa shape index (κ2) is 9.26. The van der Waals surface area contributed by atoms with E-state index in [1.165, 1.54) is 0 Å². The number of ketones is 2. The van der Waals surface area contributed by atoms with Gasteiger partial charge < -0.3 is 14.9 Å². The lowest BCUT2D eigenvalue weighted by Gasteiger charge is -2.34. The summed E-state index contributed by atoms with van der Waals surface area (Å²) in [5, 5.41) is 21.5. The second-order valence-electron chi connectivity index (χ2n) is 9.00. The number of hydrogen-bond donors (Lipinski definition) is 2. The molecule has 2 aromatic rings. The Labute approximate surface area is 194 Å². The summed E-state index contributed by atoms with van der Waals surface area (Å²) >= 11 is 0. The molecular weight excluding hydrogens is 416 g/mol. The molecule has 1 saturated carbocycles. The van der Waals surface area contributed by atoms with Gasteiger partial charge in [-0.1, -0.05) is 57.0 Å². The molecule has 33 heavy (non-hydrogen) atoms. The van der Waals surface area contributed by atoms with Crippen LogP contribution in [0.4, 0.5) is 0 Å². The molecule has 0 radical (unpaired) electrons. The number of Topliss-reactive ketones (excluding diaryl/α,β-unsaturated/α-hetero) is 1. The molecule has 0 amide bonds. The largest absolute Gasteiger partial charge is 0.510 e. The van der Waals surface area contributed by atoms with Gasteiger partial charge >= 0.3 is 0 Å². The summed E-state index contributed by atoms with van der Waals surface area (Å²) in [5.74, 6) is -0.124. The van der Waals surface area contributed by atoms with Crippen LogP contribution in [0.2, 0.25) is 0 Å². The number of rotatable bonds is 9. The summed E-state index contributed by atoms with van der Waals surface area (Å²) < 4.78 is 5.83. The van der Waals surface area contributed by atoms with E-state index in [9.17, 15) is 19.8 Å². The highest BCUT2D eigenvalue weighted by atomic mass is 16.5. The fraction of sp³-hybridized carbons (Fsp3) is 0.357. The minimum Gasteiger partial charge on any atom is -0.510 e. The molecule has 5 heteroatoms. The van der Waals surface area contributed by atoms with Gasteiger partial charge in [0.25, 0.3) is 0 Å². The number of ether oxygens (including phenoxy) is 1. The lowest BCUT2D eigenvalue weighted by molar-refractivity contribution is -0.125. The SMILES string of the molecule is CCCC1(CCC)C(=O)C=C(O)C(C(=O)C2CC2c2ccc(Oc3ccccc3)cc2)=C1O. The topological polar surface area (TPSA) is 83.8 Å². The number of carbonyl (C=O) groups excluding carboxylic acids is 2. The van der Waals surface area contributed by atoms with Crippen molar-refractivity contribution in [2.75, 3.05) is 0 Å². The van der Waals surface area contributed by atoms with Crippen molar-refractivity contribution in [3.8, 4) is 11.5 Å². The van der Waals surface area contributed by atoms with E-state index < -0.39 is 11.2 Å². The molecule has 0 spiro atoms. The van der Waals surface area contributed by atoms with Gasteiger partial charge in [0, 0.05) is 12.0 Å². The maximum absolute atomic E-state index is 13.3. The number of carbonyl (C=O) groups is 2. The van der Waals surface area contributed by atoms with Gasteiger partial charge in [0.05, 0.1) is 11.0 Å². The quantitative estimate of drug-likeness (QED) is 0.455. The summed E-state index contributed by atoms with van der Waals surface area (Å²) in [4.78, 5) is 26.1. The molecule has 2 atom stereocenters. The molecule has 0 aliphatic heterocycles. The fourth-order valence-corrected chi connectivity index (χ4v) is 4.96. The van der Waals surface area contributed by atoms with Crippen molar-refractivity contribution in [3.63, 3.8) is 0 Å². The third-order valence-electron chi connectivity index (χ3n) is 6.70. The fourth-order valence-electron chi connectivity index (χ4n) is 4.96. The van der Waals surface area contributed by atoms with E-state index in [2.05, 4.69) is 0 Å². The van der Waals surface area contributed by atoms with Crippen molar-refractivity contribution >= 4 is 11.6 Å². The van der Waals surface area contributed by atoms with Crippen molar-refractivity contribution in [3.05, 3.63) is 83.3 Å². The Bertz CT molecular complexity index is 1090. The Balaban J connectivity index is 1.52. The molecule has 2 aromatic carbocycles. The summed E-state index contributed by atoms with van der Waals surface area (Å²) in [5.41, 5.74) is -0.174. The van der Waals surface area contributed by atoms with E-state index in [-0.39, 0.29) is 34.7 Å². The number of para-hydroxylation sites is 1. The second-order valence-corrected chi connectivity index (χ2v) is 9.00. The summed E-state index contributed by atoms with van der Waals surface area (Å²) in [6.07, 6.45) is 4.05. The zero-order chi connectivity index (χ0) is 23.6. The normalized spacial score (nSPS) is 21.5. The molecule has 2 aliphatic rings. The van der Waals surface area contributed by atoms with Crippen LogP contribution in [0.15, 0.2) is 77.8 Å².